The van der Waals surface area contributed by atoms with Gasteiger partial charge in [0.1, 0.15) is 5.82 Å². The first-order valence-corrected chi connectivity index (χ1v) is 10.7. The molecule has 8 heteroatoms. The number of sulfonamides is 1. The summed E-state index contributed by atoms with van der Waals surface area (Å²) < 4.78 is 50.9. The largest absolute Gasteiger partial charge is 0.493 e. The molecule has 0 radical (unpaired) electrons. The number of nitrogens with zero attached hydrogens (tertiary/aromatic N) is 2. The molecule has 0 saturated carbocycles. The first kappa shape index (κ1) is 20.6. The van der Waals surface area contributed by atoms with Crippen molar-refractivity contribution in [3.63, 3.8) is 0 Å². The van der Waals surface area contributed by atoms with Crippen LogP contribution in [0.1, 0.15) is 12.5 Å². The maximum atomic E-state index is 13.1. The highest BCUT2D eigenvalue weighted by Gasteiger charge is 2.28. The van der Waals surface area contributed by atoms with E-state index in [2.05, 4.69) is 4.90 Å². The Morgan fingerprint density at radius 1 is 1.00 bits per heavy atom. The summed E-state index contributed by atoms with van der Waals surface area (Å²) in [4.78, 5) is 2.33. The van der Waals surface area contributed by atoms with Crippen molar-refractivity contribution < 1.29 is 22.3 Å². The zero-order valence-corrected chi connectivity index (χ0v) is 16.9. The normalized spacial score (nSPS) is 16.1. The summed E-state index contributed by atoms with van der Waals surface area (Å²) in [7, 11) is -1.99. The quantitative estimate of drug-likeness (QED) is 0.705. The molecule has 0 bridgehead atoms. The number of benzene rings is 2. The van der Waals surface area contributed by atoms with Gasteiger partial charge in [-0.3, -0.25) is 4.90 Å². The first-order chi connectivity index (χ1) is 13.4. The second-order valence-electron chi connectivity index (χ2n) is 6.55. The molecule has 2 aromatic carbocycles. The Labute approximate surface area is 165 Å². The van der Waals surface area contributed by atoms with Gasteiger partial charge in [-0.1, -0.05) is 6.07 Å². The molecule has 1 aliphatic heterocycles. The van der Waals surface area contributed by atoms with E-state index in [9.17, 15) is 12.8 Å². The first-order valence-electron chi connectivity index (χ1n) is 9.22. The van der Waals surface area contributed by atoms with Gasteiger partial charge in [0.2, 0.25) is 10.0 Å². The van der Waals surface area contributed by atoms with Gasteiger partial charge in [-0.25, -0.2) is 12.8 Å². The number of rotatable bonds is 7. The molecule has 0 aromatic heterocycles. The molecule has 0 spiro atoms. The molecule has 1 heterocycles. The highest BCUT2D eigenvalue weighted by atomic mass is 32.2. The summed E-state index contributed by atoms with van der Waals surface area (Å²) >= 11 is 0. The highest BCUT2D eigenvalue weighted by Crippen LogP contribution is 2.29. The molecule has 0 amide bonds. The van der Waals surface area contributed by atoms with Gasteiger partial charge >= 0.3 is 0 Å². The van der Waals surface area contributed by atoms with Crippen molar-refractivity contribution in [2.24, 2.45) is 0 Å². The van der Waals surface area contributed by atoms with E-state index in [-0.39, 0.29) is 4.90 Å². The van der Waals surface area contributed by atoms with Crippen LogP contribution < -0.4 is 9.47 Å². The highest BCUT2D eigenvalue weighted by molar-refractivity contribution is 7.89. The molecule has 0 unspecified atom stereocenters. The van der Waals surface area contributed by atoms with Crippen LogP contribution in [0.25, 0.3) is 0 Å². The number of piperazine rings is 1. The predicted octanol–water partition coefficient (Wildman–Crippen LogP) is 2.74. The van der Waals surface area contributed by atoms with Crippen molar-refractivity contribution >= 4 is 10.0 Å². The second kappa shape index (κ2) is 8.89. The van der Waals surface area contributed by atoms with Gasteiger partial charge in [0.15, 0.2) is 11.5 Å². The minimum absolute atomic E-state index is 0.124. The molecule has 0 N–H and O–H groups in total. The van der Waals surface area contributed by atoms with E-state index >= 15 is 0 Å². The average molecular weight is 408 g/mol. The maximum absolute atomic E-state index is 13.1. The second-order valence-corrected chi connectivity index (χ2v) is 8.49. The zero-order valence-electron chi connectivity index (χ0n) is 16.1. The molecule has 6 nitrogen and oxygen atoms in total. The van der Waals surface area contributed by atoms with E-state index in [0.29, 0.717) is 50.8 Å². The Hall–Kier alpha value is -2.16. The Morgan fingerprint density at radius 3 is 2.29 bits per heavy atom. The molecule has 0 aliphatic carbocycles. The fourth-order valence-corrected chi connectivity index (χ4v) is 4.65. The van der Waals surface area contributed by atoms with Crippen LogP contribution in [-0.2, 0) is 16.6 Å². The van der Waals surface area contributed by atoms with Crippen LogP contribution in [0.15, 0.2) is 47.4 Å². The Bertz CT molecular complexity index is 895. The minimum Gasteiger partial charge on any atom is -0.493 e. The molecule has 1 fully saturated rings. The molecule has 1 aliphatic rings. The van der Waals surface area contributed by atoms with Crippen molar-refractivity contribution in [2.75, 3.05) is 39.9 Å². The van der Waals surface area contributed by atoms with Crippen molar-refractivity contribution in [1.82, 2.24) is 9.21 Å². The lowest BCUT2D eigenvalue weighted by Gasteiger charge is -2.34. The third-order valence-corrected chi connectivity index (χ3v) is 6.63. The van der Waals surface area contributed by atoms with Crippen LogP contribution in [0.4, 0.5) is 4.39 Å². The lowest BCUT2D eigenvalue weighted by atomic mass is 10.1. The van der Waals surface area contributed by atoms with E-state index in [4.69, 9.17) is 9.47 Å². The smallest absolute Gasteiger partial charge is 0.243 e. The lowest BCUT2D eigenvalue weighted by molar-refractivity contribution is 0.181. The topological polar surface area (TPSA) is 59.1 Å². The van der Waals surface area contributed by atoms with Gasteiger partial charge in [0, 0.05) is 32.7 Å². The van der Waals surface area contributed by atoms with Gasteiger partial charge in [0.05, 0.1) is 18.6 Å². The minimum atomic E-state index is -3.59. The van der Waals surface area contributed by atoms with Gasteiger partial charge in [-0.05, 0) is 48.9 Å². The molecule has 1 saturated heterocycles. The Morgan fingerprint density at radius 2 is 1.68 bits per heavy atom. The number of halogens is 1. The van der Waals surface area contributed by atoms with E-state index in [1.165, 1.54) is 28.6 Å². The summed E-state index contributed by atoms with van der Waals surface area (Å²) in [5.74, 6) is 0.954. The van der Waals surface area contributed by atoms with Crippen LogP contribution in [0.2, 0.25) is 0 Å². The summed E-state index contributed by atoms with van der Waals surface area (Å²) in [6.07, 6.45) is 0. The molecule has 28 heavy (non-hydrogen) atoms. The van der Waals surface area contributed by atoms with Crippen LogP contribution in [0, 0.1) is 5.82 Å². The summed E-state index contributed by atoms with van der Waals surface area (Å²) in [6.45, 7) is 5.22. The molecule has 3 rings (SSSR count). The van der Waals surface area contributed by atoms with Gasteiger partial charge in [0.25, 0.3) is 0 Å². The number of ether oxygens (including phenoxy) is 2. The number of methoxy groups -OCH3 is 1. The van der Waals surface area contributed by atoms with Crippen molar-refractivity contribution in [1.29, 1.82) is 0 Å². The third-order valence-electron chi connectivity index (χ3n) is 4.72. The van der Waals surface area contributed by atoms with E-state index in [1.54, 1.807) is 7.11 Å². The van der Waals surface area contributed by atoms with E-state index in [0.717, 1.165) is 5.56 Å². The molecular formula is C20H25FN2O4S. The SMILES string of the molecule is CCOc1cc(CN2CCN(S(=O)(=O)c3ccc(F)cc3)CC2)ccc1OC. The third kappa shape index (κ3) is 4.63. The Kier molecular flexibility index (Phi) is 6.53. The molecule has 152 valence electrons. The predicted molar refractivity (Wildman–Crippen MR) is 105 cm³/mol. The summed E-state index contributed by atoms with van der Waals surface area (Å²) in [5.41, 5.74) is 1.08. The fourth-order valence-electron chi connectivity index (χ4n) is 3.23. The van der Waals surface area contributed by atoms with Crippen molar-refractivity contribution in [3.05, 3.63) is 53.8 Å². The maximum Gasteiger partial charge on any atom is 0.243 e. The number of hydrogen-bond donors (Lipinski definition) is 0. The summed E-state index contributed by atoms with van der Waals surface area (Å²) in [5, 5.41) is 0. The van der Waals surface area contributed by atoms with Crippen molar-refractivity contribution in [2.45, 2.75) is 18.4 Å². The van der Waals surface area contributed by atoms with Gasteiger partial charge in [-0.15, -0.1) is 0 Å². The monoisotopic (exact) mass is 408 g/mol. The number of hydrogen-bond acceptors (Lipinski definition) is 5. The van der Waals surface area contributed by atoms with Crippen LogP contribution >= 0.6 is 0 Å². The molecule has 0 atom stereocenters. The average Bonchev–Trinajstić information content (AvgIpc) is 2.69. The van der Waals surface area contributed by atoms with Crippen LogP contribution in [0.3, 0.4) is 0 Å². The van der Waals surface area contributed by atoms with Gasteiger partial charge < -0.3 is 9.47 Å². The molecule has 2 aromatic rings. The van der Waals surface area contributed by atoms with Crippen molar-refractivity contribution in [3.8, 4) is 11.5 Å². The van der Waals surface area contributed by atoms with E-state index < -0.39 is 15.8 Å². The van der Waals surface area contributed by atoms with Gasteiger partial charge in [-0.2, -0.15) is 4.31 Å². The van der Waals surface area contributed by atoms with Crippen LogP contribution in [-0.4, -0.2) is 57.5 Å². The standard InChI is InChI=1S/C20H25FN2O4S/c1-3-27-20-14-16(4-9-19(20)26-2)15-22-10-12-23(13-11-22)28(24,25)18-7-5-17(21)6-8-18/h4-9,14H,3,10-13,15H2,1-2H3. The fraction of sp³-hybridized carbons (Fsp3) is 0.400. The molecular weight excluding hydrogens is 383 g/mol. The van der Waals surface area contributed by atoms with Crippen LogP contribution in [0.5, 0.6) is 11.5 Å². The zero-order chi connectivity index (χ0) is 20.1. The summed E-state index contributed by atoms with van der Waals surface area (Å²) in [6, 6.07) is 10.8. The van der Waals surface area contributed by atoms with E-state index in [1.807, 2.05) is 25.1 Å². The Balaban J connectivity index is 1.62. The lowest BCUT2D eigenvalue weighted by Crippen LogP contribution is -2.48.